The summed E-state index contributed by atoms with van der Waals surface area (Å²) < 4.78 is 5.89. The van der Waals surface area contributed by atoms with E-state index in [1.54, 1.807) is 42.4 Å². The molecule has 2 heterocycles. The van der Waals surface area contributed by atoms with Crippen LogP contribution in [0.4, 0.5) is 5.82 Å². The number of hydrogen-bond acceptors (Lipinski definition) is 7. The third kappa shape index (κ3) is 4.98. The maximum absolute atomic E-state index is 11.9. The molecule has 1 fully saturated rings. The second kappa shape index (κ2) is 9.47. The van der Waals surface area contributed by atoms with E-state index in [2.05, 4.69) is 15.0 Å². The van der Waals surface area contributed by atoms with Crippen LogP contribution < -0.4 is 21.1 Å². The monoisotopic (exact) mass is 444 g/mol. The van der Waals surface area contributed by atoms with Crippen LogP contribution in [0.1, 0.15) is 28.9 Å². The van der Waals surface area contributed by atoms with Gasteiger partial charge in [-0.15, -0.1) is 0 Å². The molecule has 9 nitrogen and oxygen atoms in total. The standard InChI is InChI=1S/C24H24N6O3/c1-27-14-15-4-8-17(9-5-15)33-18-10-6-16(7-11-18)24-28-19(22(25)31)13-21(29-24)30-12-2-3-20(30)23(26)32/h4-11,13-14,20H,2-3,12H2,1H3,(H2,25,31)(H2,26,32)/b27-14+/t20-/m0/s1. The average Bonchev–Trinajstić information content (AvgIpc) is 3.31. The quantitative estimate of drug-likeness (QED) is 0.537. The van der Waals surface area contributed by atoms with E-state index in [0.717, 1.165) is 12.0 Å². The Hall–Kier alpha value is -4.27. The molecule has 0 radical (unpaired) electrons. The van der Waals surface area contributed by atoms with Gasteiger partial charge in [0.2, 0.25) is 5.91 Å². The predicted molar refractivity (Wildman–Crippen MR) is 126 cm³/mol. The summed E-state index contributed by atoms with van der Waals surface area (Å²) in [6, 6.07) is 15.8. The number of rotatable bonds is 7. The number of nitrogens with zero attached hydrogens (tertiary/aromatic N) is 4. The molecule has 0 saturated carbocycles. The zero-order valence-electron chi connectivity index (χ0n) is 18.1. The molecule has 3 aromatic rings. The number of benzene rings is 2. The van der Waals surface area contributed by atoms with Gasteiger partial charge in [0.25, 0.3) is 5.91 Å². The summed E-state index contributed by atoms with van der Waals surface area (Å²) >= 11 is 0. The van der Waals surface area contributed by atoms with E-state index in [0.29, 0.717) is 41.7 Å². The second-order valence-corrected chi connectivity index (χ2v) is 7.64. The lowest BCUT2D eigenvalue weighted by Crippen LogP contribution is -2.41. The lowest BCUT2D eigenvalue weighted by atomic mass is 10.2. The van der Waals surface area contributed by atoms with Crippen molar-refractivity contribution in [2.45, 2.75) is 18.9 Å². The minimum atomic E-state index is -0.675. The second-order valence-electron chi connectivity index (χ2n) is 7.64. The summed E-state index contributed by atoms with van der Waals surface area (Å²) in [5.74, 6) is 1.00. The van der Waals surface area contributed by atoms with Crippen molar-refractivity contribution in [3.63, 3.8) is 0 Å². The zero-order valence-corrected chi connectivity index (χ0v) is 18.1. The average molecular weight is 444 g/mol. The summed E-state index contributed by atoms with van der Waals surface area (Å²) in [5, 5.41) is 0. The molecular weight excluding hydrogens is 420 g/mol. The summed E-state index contributed by atoms with van der Waals surface area (Å²) in [6.45, 7) is 0.609. The Morgan fingerprint density at radius 1 is 1.06 bits per heavy atom. The fourth-order valence-corrected chi connectivity index (χ4v) is 3.75. The number of carbonyl (C=O) groups is 2. The molecular formula is C24H24N6O3. The van der Waals surface area contributed by atoms with E-state index in [1.165, 1.54) is 6.07 Å². The summed E-state index contributed by atoms with van der Waals surface area (Å²) in [7, 11) is 1.72. The lowest BCUT2D eigenvalue weighted by molar-refractivity contribution is -0.119. The summed E-state index contributed by atoms with van der Waals surface area (Å²) in [4.78, 5) is 38.4. The molecule has 9 heteroatoms. The molecule has 2 amide bonds. The number of carbonyl (C=O) groups excluding carboxylic acids is 2. The number of hydrogen-bond donors (Lipinski definition) is 2. The van der Waals surface area contributed by atoms with Crippen LogP contribution in [-0.2, 0) is 4.79 Å². The third-order valence-electron chi connectivity index (χ3n) is 5.35. The number of ether oxygens (including phenoxy) is 1. The van der Waals surface area contributed by atoms with E-state index in [4.69, 9.17) is 16.2 Å². The molecule has 168 valence electrons. The molecule has 1 saturated heterocycles. The Morgan fingerprint density at radius 2 is 1.73 bits per heavy atom. The van der Waals surface area contributed by atoms with Crippen molar-refractivity contribution >= 4 is 23.8 Å². The van der Waals surface area contributed by atoms with Crippen molar-refractivity contribution in [3.8, 4) is 22.9 Å². The highest BCUT2D eigenvalue weighted by molar-refractivity contribution is 5.92. The van der Waals surface area contributed by atoms with Crippen molar-refractivity contribution in [1.29, 1.82) is 0 Å². The number of nitrogens with two attached hydrogens (primary N) is 2. The van der Waals surface area contributed by atoms with Crippen molar-refractivity contribution in [2.24, 2.45) is 16.5 Å². The number of primary amides is 2. The zero-order chi connectivity index (χ0) is 23.4. The van der Waals surface area contributed by atoms with Gasteiger partial charge >= 0.3 is 0 Å². The Balaban J connectivity index is 1.59. The van der Waals surface area contributed by atoms with E-state index in [-0.39, 0.29) is 5.69 Å². The Labute approximate surface area is 191 Å². The maximum Gasteiger partial charge on any atom is 0.267 e. The number of amides is 2. The molecule has 0 bridgehead atoms. The highest BCUT2D eigenvalue weighted by atomic mass is 16.5. The Morgan fingerprint density at radius 3 is 2.33 bits per heavy atom. The topological polar surface area (TPSA) is 137 Å². The summed E-state index contributed by atoms with van der Waals surface area (Å²) in [5.41, 5.74) is 12.8. The van der Waals surface area contributed by atoms with E-state index in [9.17, 15) is 9.59 Å². The van der Waals surface area contributed by atoms with Gasteiger partial charge in [-0.25, -0.2) is 9.97 Å². The van der Waals surface area contributed by atoms with Crippen molar-refractivity contribution in [2.75, 3.05) is 18.5 Å². The molecule has 1 aliphatic heterocycles. The SMILES string of the molecule is C/N=C/c1ccc(Oc2ccc(-c3nc(C(N)=O)cc(N4CCC[C@H]4C(N)=O)n3)cc2)cc1. The van der Waals surface area contributed by atoms with Gasteiger partial charge in [0, 0.05) is 31.4 Å². The minimum absolute atomic E-state index is 0.0705. The largest absolute Gasteiger partial charge is 0.457 e. The van der Waals surface area contributed by atoms with Crippen LogP contribution in [0.15, 0.2) is 59.6 Å². The molecule has 0 unspecified atom stereocenters. The first-order valence-electron chi connectivity index (χ1n) is 10.5. The molecule has 0 aliphatic carbocycles. The Bertz CT molecular complexity index is 1190. The highest BCUT2D eigenvalue weighted by Crippen LogP contribution is 2.28. The van der Waals surface area contributed by atoms with Crippen LogP contribution in [0, 0.1) is 0 Å². The van der Waals surface area contributed by atoms with Crippen molar-refractivity contribution < 1.29 is 14.3 Å². The van der Waals surface area contributed by atoms with Gasteiger partial charge < -0.3 is 21.1 Å². The first-order valence-corrected chi connectivity index (χ1v) is 10.5. The highest BCUT2D eigenvalue weighted by Gasteiger charge is 2.31. The van der Waals surface area contributed by atoms with E-state index in [1.807, 2.05) is 24.3 Å². The Kier molecular flexibility index (Phi) is 6.30. The molecule has 2 aromatic carbocycles. The van der Waals surface area contributed by atoms with Crippen molar-refractivity contribution in [1.82, 2.24) is 9.97 Å². The van der Waals surface area contributed by atoms with Crippen LogP contribution in [-0.4, -0.2) is 47.6 Å². The van der Waals surface area contributed by atoms with Crippen LogP contribution in [0.2, 0.25) is 0 Å². The normalized spacial score (nSPS) is 15.7. The first-order chi connectivity index (χ1) is 15.9. The lowest BCUT2D eigenvalue weighted by Gasteiger charge is -2.23. The van der Waals surface area contributed by atoms with Gasteiger partial charge in [-0.3, -0.25) is 14.6 Å². The molecule has 1 aliphatic rings. The third-order valence-corrected chi connectivity index (χ3v) is 5.35. The van der Waals surface area contributed by atoms with Gasteiger partial charge in [0.1, 0.15) is 29.1 Å². The van der Waals surface area contributed by atoms with Gasteiger partial charge in [-0.2, -0.15) is 0 Å². The molecule has 0 spiro atoms. The smallest absolute Gasteiger partial charge is 0.267 e. The van der Waals surface area contributed by atoms with E-state index < -0.39 is 17.9 Å². The van der Waals surface area contributed by atoms with E-state index >= 15 is 0 Å². The maximum atomic E-state index is 11.9. The predicted octanol–water partition coefficient (Wildman–Crippen LogP) is 2.54. The number of anilines is 1. The number of aliphatic imine (C=N–C) groups is 1. The molecule has 33 heavy (non-hydrogen) atoms. The van der Waals surface area contributed by atoms with Gasteiger partial charge in [-0.05, 0) is 66.9 Å². The molecule has 4 N–H and O–H groups in total. The number of aromatic nitrogens is 2. The fourth-order valence-electron chi connectivity index (χ4n) is 3.75. The van der Waals surface area contributed by atoms with Crippen LogP contribution in [0.25, 0.3) is 11.4 Å². The molecule has 1 atom stereocenters. The van der Waals surface area contributed by atoms with Crippen molar-refractivity contribution in [3.05, 3.63) is 65.9 Å². The van der Waals surface area contributed by atoms with Crippen LogP contribution in [0.5, 0.6) is 11.5 Å². The van der Waals surface area contributed by atoms with Crippen LogP contribution in [0.3, 0.4) is 0 Å². The first kappa shape index (κ1) is 21.9. The molecule has 4 rings (SSSR count). The summed E-state index contributed by atoms with van der Waals surface area (Å²) in [6.07, 6.45) is 3.21. The minimum Gasteiger partial charge on any atom is -0.457 e. The van der Waals surface area contributed by atoms with Crippen LogP contribution >= 0.6 is 0 Å². The fraction of sp³-hybridized carbons (Fsp3) is 0.208. The van der Waals surface area contributed by atoms with Gasteiger partial charge in [0.15, 0.2) is 5.82 Å². The van der Waals surface area contributed by atoms with Gasteiger partial charge in [-0.1, -0.05) is 0 Å². The molecule has 1 aromatic heterocycles. The van der Waals surface area contributed by atoms with Gasteiger partial charge in [0.05, 0.1) is 0 Å².